The van der Waals surface area contributed by atoms with E-state index in [2.05, 4.69) is 26.3 Å². The minimum atomic E-state index is 0.602. The Morgan fingerprint density at radius 2 is 2.12 bits per heavy atom. The molecule has 4 heteroatoms. The lowest BCUT2D eigenvalue weighted by Crippen LogP contribution is -2.29. The van der Waals surface area contributed by atoms with E-state index < -0.39 is 0 Å². The molecule has 84 valence electrons. The quantitative estimate of drug-likeness (QED) is 0.725. The van der Waals surface area contributed by atoms with Gasteiger partial charge in [-0.1, -0.05) is 0 Å². The predicted molar refractivity (Wildman–Crippen MR) is 62.5 cm³/mol. The molecule has 1 aliphatic heterocycles. The van der Waals surface area contributed by atoms with Crippen LogP contribution in [0.15, 0.2) is 24.9 Å². The number of hydrogen-bond donors (Lipinski definition) is 0. The Bertz CT molecular complexity index is 482. The molecule has 0 amide bonds. The maximum atomic E-state index is 4.55. The third-order valence-electron chi connectivity index (χ3n) is 3.48. The molecule has 0 saturated carbocycles. The van der Waals surface area contributed by atoms with Crippen molar-refractivity contribution in [3.63, 3.8) is 0 Å². The molecular formula is C12H16N4. The molecule has 0 N–H and O–H groups in total. The minimum absolute atomic E-state index is 0.602. The zero-order valence-electron chi connectivity index (χ0n) is 9.50. The van der Waals surface area contributed by atoms with E-state index in [1.165, 1.54) is 31.6 Å². The summed E-state index contributed by atoms with van der Waals surface area (Å²) in [5, 5.41) is 0. The van der Waals surface area contributed by atoms with Gasteiger partial charge in [-0.3, -0.25) is 4.98 Å². The molecule has 3 rings (SSSR count). The van der Waals surface area contributed by atoms with Crippen molar-refractivity contribution in [2.24, 2.45) is 0 Å². The first-order chi connectivity index (χ1) is 7.84. The number of imidazole rings is 1. The van der Waals surface area contributed by atoms with Crippen molar-refractivity contribution in [1.29, 1.82) is 0 Å². The average Bonchev–Trinajstić information content (AvgIpc) is 2.74. The Labute approximate surface area is 94.9 Å². The van der Waals surface area contributed by atoms with Crippen LogP contribution in [0, 0.1) is 0 Å². The van der Waals surface area contributed by atoms with Crippen LogP contribution < -0.4 is 0 Å². The summed E-state index contributed by atoms with van der Waals surface area (Å²) in [6.07, 6.45) is 9.98. The second-order valence-electron chi connectivity index (χ2n) is 4.58. The Balaban J connectivity index is 1.94. The molecule has 4 nitrogen and oxygen atoms in total. The Kier molecular flexibility index (Phi) is 2.36. The van der Waals surface area contributed by atoms with E-state index in [4.69, 9.17) is 0 Å². The van der Waals surface area contributed by atoms with E-state index in [0.29, 0.717) is 5.92 Å². The predicted octanol–water partition coefficient (Wildman–Crippen LogP) is 1.54. The summed E-state index contributed by atoms with van der Waals surface area (Å²) in [4.78, 5) is 11.1. The first kappa shape index (κ1) is 9.78. The first-order valence-corrected chi connectivity index (χ1v) is 5.80. The second kappa shape index (κ2) is 3.87. The van der Waals surface area contributed by atoms with Crippen molar-refractivity contribution in [2.45, 2.75) is 18.8 Å². The SMILES string of the molecule is CN1CCC(c2ncn3ccncc23)CC1. The van der Waals surface area contributed by atoms with E-state index in [-0.39, 0.29) is 0 Å². The summed E-state index contributed by atoms with van der Waals surface area (Å²) in [6, 6.07) is 0. The third-order valence-corrected chi connectivity index (χ3v) is 3.48. The minimum Gasteiger partial charge on any atom is -0.306 e. The van der Waals surface area contributed by atoms with Gasteiger partial charge >= 0.3 is 0 Å². The van der Waals surface area contributed by atoms with Crippen molar-refractivity contribution in [2.75, 3.05) is 20.1 Å². The Hall–Kier alpha value is -1.42. The van der Waals surface area contributed by atoms with Gasteiger partial charge in [-0.2, -0.15) is 0 Å². The first-order valence-electron chi connectivity index (χ1n) is 5.80. The Morgan fingerprint density at radius 3 is 2.94 bits per heavy atom. The van der Waals surface area contributed by atoms with Gasteiger partial charge in [0, 0.05) is 18.3 Å². The number of fused-ring (bicyclic) bond motifs is 1. The number of hydrogen-bond acceptors (Lipinski definition) is 3. The normalized spacial score (nSPS) is 19.3. The molecule has 0 radical (unpaired) electrons. The van der Waals surface area contributed by atoms with E-state index in [1.54, 1.807) is 6.20 Å². The van der Waals surface area contributed by atoms with Gasteiger partial charge in [0.2, 0.25) is 0 Å². The zero-order valence-corrected chi connectivity index (χ0v) is 9.50. The third kappa shape index (κ3) is 1.59. The summed E-state index contributed by atoms with van der Waals surface area (Å²) in [7, 11) is 2.18. The van der Waals surface area contributed by atoms with E-state index in [1.807, 2.05) is 18.7 Å². The summed E-state index contributed by atoms with van der Waals surface area (Å²) in [6.45, 7) is 2.34. The summed E-state index contributed by atoms with van der Waals surface area (Å²) >= 11 is 0. The Morgan fingerprint density at radius 1 is 1.31 bits per heavy atom. The van der Waals surface area contributed by atoms with Crippen LogP contribution in [-0.4, -0.2) is 39.4 Å². The topological polar surface area (TPSA) is 33.4 Å². The molecule has 0 bridgehead atoms. The molecule has 2 aromatic rings. The molecule has 3 heterocycles. The maximum absolute atomic E-state index is 4.55. The highest BCUT2D eigenvalue weighted by Crippen LogP contribution is 2.28. The molecule has 16 heavy (non-hydrogen) atoms. The molecule has 1 saturated heterocycles. The maximum Gasteiger partial charge on any atom is 0.0996 e. The van der Waals surface area contributed by atoms with Crippen molar-refractivity contribution in [1.82, 2.24) is 19.3 Å². The largest absolute Gasteiger partial charge is 0.306 e. The number of piperidine rings is 1. The van der Waals surface area contributed by atoms with Crippen LogP contribution in [0.5, 0.6) is 0 Å². The van der Waals surface area contributed by atoms with Gasteiger partial charge in [0.25, 0.3) is 0 Å². The number of aromatic nitrogens is 3. The smallest absolute Gasteiger partial charge is 0.0996 e. The highest BCUT2D eigenvalue weighted by atomic mass is 15.1. The molecule has 0 unspecified atom stereocenters. The number of rotatable bonds is 1. The molecule has 2 aromatic heterocycles. The van der Waals surface area contributed by atoms with Crippen LogP contribution in [-0.2, 0) is 0 Å². The van der Waals surface area contributed by atoms with E-state index >= 15 is 0 Å². The van der Waals surface area contributed by atoms with Crippen molar-refractivity contribution >= 4 is 5.52 Å². The summed E-state index contributed by atoms with van der Waals surface area (Å²) in [5.41, 5.74) is 2.39. The van der Waals surface area contributed by atoms with Gasteiger partial charge in [0.15, 0.2) is 0 Å². The van der Waals surface area contributed by atoms with Crippen LogP contribution >= 0.6 is 0 Å². The lowest BCUT2D eigenvalue weighted by atomic mass is 9.93. The fraction of sp³-hybridized carbons (Fsp3) is 0.500. The van der Waals surface area contributed by atoms with Gasteiger partial charge in [-0.25, -0.2) is 4.98 Å². The number of nitrogens with zero attached hydrogens (tertiary/aromatic N) is 4. The van der Waals surface area contributed by atoms with Gasteiger partial charge < -0.3 is 9.30 Å². The summed E-state index contributed by atoms with van der Waals surface area (Å²) < 4.78 is 2.06. The molecule has 0 aromatic carbocycles. The fourth-order valence-corrected chi connectivity index (χ4v) is 2.46. The van der Waals surface area contributed by atoms with Gasteiger partial charge in [-0.15, -0.1) is 0 Å². The lowest BCUT2D eigenvalue weighted by Gasteiger charge is -2.28. The van der Waals surface area contributed by atoms with Crippen LogP contribution in [0.2, 0.25) is 0 Å². The van der Waals surface area contributed by atoms with Gasteiger partial charge in [-0.05, 0) is 33.0 Å². The van der Waals surface area contributed by atoms with E-state index in [9.17, 15) is 0 Å². The average molecular weight is 216 g/mol. The highest BCUT2D eigenvalue weighted by Gasteiger charge is 2.21. The molecule has 1 aliphatic rings. The molecule has 0 spiro atoms. The van der Waals surface area contributed by atoms with E-state index in [0.717, 1.165) is 5.52 Å². The van der Waals surface area contributed by atoms with Crippen LogP contribution in [0.4, 0.5) is 0 Å². The fourth-order valence-electron chi connectivity index (χ4n) is 2.46. The highest BCUT2D eigenvalue weighted by molar-refractivity contribution is 5.51. The molecule has 0 aliphatic carbocycles. The molecular weight excluding hydrogens is 200 g/mol. The van der Waals surface area contributed by atoms with Crippen LogP contribution in [0.3, 0.4) is 0 Å². The standard InChI is InChI=1S/C12H16N4/c1-15-5-2-10(3-6-15)12-11-8-13-4-7-16(11)9-14-12/h4,7-10H,2-3,5-6H2,1H3. The van der Waals surface area contributed by atoms with Crippen LogP contribution in [0.1, 0.15) is 24.5 Å². The van der Waals surface area contributed by atoms with Gasteiger partial charge in [0.1, 0.15) is 0 Å². The van der Waals surface area contributed by atoms with Crippen LogP contribution in [0.25, 0.3) is 5.52 Å². The zero-order chi connectivity index (χ0) is 11.0. The second-order valence-corrected chi connectivity index (χ2v) is 4.58. The monoisotopic (exact) mass is 216 g/mol. The molecule has 1 fully saturated rings. The number of likely N-dealkylation sites (tertiary alicyclic amines) is 1. The summed E-state index contributed by atoms with van der Waals surface area (Å²) in [5.74, 6) is 0.602. The van der Waals surface area contributed by atoms with Gasteiger partial charge in [0.05, 0.1) is 23.7 Å². The van der Waals surface area contributed by atoms with Crippen molar-refractivity contribution in [3.05, 3.63) is 30.6 Å². The lowest BCUT2D eigenvalue weighted by molar-refractivity contribution is 0.254. The molecule has 0 atom stereocenters. The van der Waals surface area contributed by atoms with Crippen molar-refractivity contribution in [3.8, 4) is 0 Å². The van der Waals surface area contributed by atoms with Crippen molar-refractivity contribution < 1.29 is 0 Å².